The van der Waals surface area contributed by atoms with E-state index in [1.54, 1.807) is 0 Å². The Bertz CT molecular complexity index is 448. The maximum atomic E-state index is 10.9. The molecule has 0 aromatic heterocycles. The number of carboxylic acids is 1. The van der Waals surface area contributed by atoms with Gasteiger partial charge >= 0.3 is 5.97 Å². The first-order valence-electron chi connectivity index (χ1n) is 7.09. The number of aliphatic carboxylic acids is 1. The average molecular weight is 261 g/mol. The molecule has 1 N–H and O–H groups in total. The van der Waals surface area contributed by atoms with E-state index in [1.807, 2.05) is 0 Å². The number of hydrogen-bond acceptors (Lipinski definition) is 2. The predicted octanol–water partition coefficient (Wildman–Crippen LogP) is 3.33. The highest BCUT2D eigenvalue weighted by Gasteiger charge is 2.32. The summed E-state index contributed by atoms with van der Waals surface area (Å²) >= 11 is 0. The van der Waals surface area contributed by atoms with Crippen LogP contribution in [-0.2, 0) is 11.2 Å². The molecule has 1 aromatic rings. The molecule has 0 saturated carbocycles. The van der Waals surface area contributed by atoms with Gasteiger partial charge in [0.1, 0.15) is 0 Å². The van der Waals surface area contributed by atoms with Crippen LogP contribution in [0.4, 0.5) is 5.69 Å². The van der Waals surface area contributed by atoms with Gasteiger partial charge < -0.3 is 10.0 Å². The smallest absolute Gasteiger partial charge is 0.303 e. The van der Waals surface area contributed by atoms with Gasteiger partial charge in [0.05, 0.1) is 6.42 Å². The van der Waals surface area contributed by atoms with Crippen molar-refractivity contribution in [2.75, 3.05) is 18.0 Å². The van der Waals surface area contributed by atoms with Crippen LogP contribution >= 0.6 is 0 Å². The third kappa shape index (κ3) is 3.28. The Morgan fingerprint density at radius 1 is 1.32 bits per heavy atom. The minimum absolute atomic E-state index is 0.0382. The summed E-state index contributed by atoms with van der Waals surface area (Å²) < 4.78 is 0. The molecule has 0 amide bonds. The summed E-state index contributed by atoms with van der Waals surface area (Å²) in [6.07, 6.45) is 3.24. The van der Waals surface area contributed by atoms with Crippen LogP contribution in [-0.4, -0.2) is 24.2 Å². The maximum absolute atomic E-state index is 10.9. The van der Waals surface area contributed by atoms with Crippen LogP contribution in [0.5, 0.6) is 0 Å². The third-order valence-corrected chi connectivity index (χ3v) is 4.26. The Morgan fingerprint density at radius 3 is 2.53 bits per heavy atom. The lowest BCUT2D eigenvalue weighted by molar-refractivity contribution is -0.139. The first-order valence-corrected chi connectivity index (χ1v) is 7.09. The van der Waals surface area contributed by atoms with Crippen LogP contribution in [0.2, 0.25) is 0 Å². The summed E-state index contributed by atoms with van der Waals surface area (Å²) in [4.78, 5) is 13.3. The molecular weight excluding hydrogens is 238 g/mol. The van der Waals surface area contributed by atoms with Gasteiger partial charge in [-0.25, -0.2) is 0 Å². The number of anilines is 1. The Labute approximate surface area is 115 Å². The summed E-state index contributed by atoms with van der Waals surface area (Å²) in [7, 11) is 0. The minimum atomic E-state index is -0.676. The Balaban J connectivity index is 2.05. The molecule has 0 radical (unpaired) electrons. The van der Waals surface area contributed by atoms with E-state index < -0.39 is 5.97 Å². The van der Waals surface area contributed by atoms with Crippen molar-refractivity contribution in [2.24, 2.45) is 5.41 Å². The first-order chi connectivity index (χ1) is 9.04. The molecular formula is C16H23NO2. The maximum Gasteiger partial charge on any atom is 0.303 e. The number of piperidine rings is 1. The van der Waals surface area contributed by atoms with Crippen LogP contribution < -0.4 is 4.90 Å². The van der Waals surface area contributed by atoms with Gasteiger partial charge in [0.2, 0.25) is 0 Å². The number of rotatable bonds is 4. The van der Waals surface area contributed by atoms with Gasteiger partial charge in [-0.15, -0.1) is 0 Å². The lowest BCUT2D eigenvalue weighted by Crippen LogP contribution is -2.40. The molecule has 0 aliphatic carbocycles. The molecule has 19 heavy (non-hydrogen) atoms. The second-order valence-electron chi connectivity index (χ2n) is 5.85. The van der Waals surface area contributed by atoms with Gasteiger partial charge in [-0.1, -0.05) is 32.0 Å². The molecule has 1 saturated heterocycles. The number of aryl methyl sites for hydroxylation is 1. The second-order valence-corrected chi connectivity index (χ2v) is 5.85. The molecule has 1 fully saturated rings. The molecule has 1 aliphatic heterocycles. The monoisotopic (exact) mass is 261 g/mol. The Hall–Kier alpha value is -1.51. The molecule has 0 atom stereocenters. The van der Waals surface area contributed by atoms with E-state index in [2.05, 4.69) is 43.0 Å². The van der Waals surface area contributed by atoms with Crippen LogP contribution in [0.15, 0.2) is 24.3 Å². The fraction of sp³-hybridized carbons (Fsp3) is 0.562. The van der Waals surface area contributed by atoms with Gasteiger partial charge in [0, 0.05) is 18.8 Å². The average Bonchev–Trinajstić information content (AvgIpc) is 2.38. The number of nitrogens with zero attached hydrogens (tertiary/aromatic N) is 1. The summed E-state index contributed by atoms with van der Waals surface area (Å²) in [5.74, 6) is -0.676. The van der Waals surface area contributed by atoms with E-state index in [0.717, 1.165) is 32.4 Å². The van der Waals surface area contributed by atoms with Crippen molar-refractivity contribution in [3.05, 3.63) is 29.8 Å². The highest BCUT2D eigenvalue weighted by molar-refractivity contribution is 5.67. The van der Waals surface area contributed by atoms with Crippen molar-refractivity contribution >= 4 is 11.7 Å². The lowest BCUT2D eigenvalue weighted by Gasteiger charge is -2.40. The zero-order valence-corrected chi connectivity index (χ0v) is 11.9. The molecule has 1 aliphatic rings. The van der Waals surface area contributed by atoms with E-state index in [0.29, 0.717) is 0 Å². The van der Waals surface area contributed by atoms with Crippen LogP contribution in [0.3, 0.4) is 0 Å². The quantitative estimate of drug-likeness (QED) is 0.903. The summed E-state index contributed by atoms with van der Waals surface area (Å²) in [5.41, 5.74) is 2.66. The molecule has 1 aromatic carbocycles. The topological polar surface area (TPSA) is 40.5 Å². The number of carboxylic acid groups (broad SMARTS) is 1. The molecule has 0 unspecified atom stereocenters. The van der Waals surface area contributed by atoms with Crippen molar-refractivity contribution in [1.82, 2.24) is 0 Å². The number of carbonyl (C=O) groups is 1. The van der Waals surface area contributed by atoms with Gasteiger partial charge in [0.15, 0.2) is 0 Å². The number of benzene rings is 1. The highest BCUT2D eigenvalue weighted by Crippen LogP contribution is 2.36. The lowest BCUT2D eigenvalue weighted by atomic mass is 9.77. The number of para-hydroxylation sites is 1. The fourth-order valence-corrected chi connectivity index (χ4v) is 2.95. The first kappa shape index (κ1) is 13.9. The van der Waals surface area contributed by atoms with Crippen LogP contribution in [0, 0.1) is 5.41 Å². The molecule has 0 bridgehead atoms. The summed E-state index contributed by atoms with van der Waals surface area (Å²) in [5, 5.41) is 8.98. The van der Waals surface area contributed by atoms with E-state index in [-0.39, 0.29) is 11.8 Å². The third-order valence-electron chi connectivity index (χ3n) is 4.26. The number of hydrogen-bond donors (Lipinski definition) is 1. The van der Waals surface area contributed by atoms with Gasteiger partial charge in [-0.3, -0.25) is 4.79 Å². The summed E-state index contributed by atoms with van der Waals surface area (Å²) in [6, 6.07) is 8.53. The summed E-state index contributed by atoms with van der Waals surface area (Å²) in [6.45, 7) is 6.20. The zero-order chi connectivity index (χ0) is 13.9. The SMILES string of the molecule is CCc1ccccc1N1CCC(C)(CC(=O)O)CC1. The minimum Gasteiger partial charge on any atom is -0.481 e. The zero-order valence-electron chi connectivity index (χ0n) is 11.9. The molecule has 2 rings (SSSR count). The van der Waals surface area contributed by atoms with Crippen molar-refractivity contribution in [3.8, 4) is 0 Å². The van der Waals surface area contributed by atoms with Crippen molar-refractivity contribution in [1.29, 1.82) is 0 Å². The van der Waals surface area contributed by atoms with Crippen molar-refractivity contribution in [3.63, 3.8) is 0 Å². The molecule has 0 spiro atoms. The molecule has 104 valence electrons. The van der Waals surface area contributed by atoms with E-state index in [4.69, 9.17) is 5.11 Å². The Morgan fingerprint density at radius 2 is 1.95 bits per heavy atom. The van der Waals surface area contributed by atoms with Crippen LogP contribution in [0.1, 0.15) is 38.7 Å². The predicted molar refractivity (Wildman–Crippen MR) is 77.6 cm³/mol. The van der Waals surface area contributed by atoms with Crippen LogP contribution in [0.25, 0.3) is 0 Å². The molecule has 1 heterocycles. The van der Waals surface area contributed by atoms with Gasteiger partial charge in [-0.05, 0) is 36.3 Å². The Kier molecular flexibility index (Phi) is 4.13. The van der Waals surface area contributed by atoms with Crippen molar-refractivity contribution in [2.45, 2.75) is 39.5 Å². The van der Waals surface area contributed by atoms with Gasteiger partial charge in [-0.2, -0.15) is 0 Å². The van der Waals surface area contributed by atoms with Crippen molar-refractivity contribution < 1.29 is 9.90 Å². The fourth-order valence-electron chi connectivity index (χ4n) is 2.95. The standard InChI is InChI=1S/C16H23NO2/c1-3-13-6-4-5-7-14(13)17-10-8-16(2,9-11-17)12-15(18)19/h4-7H,3,8-12H2,1-2H3,(H,18,19). The largest absolute Gasteiger partial charge is 0.481 e. The van der Waals surface area contributed by atoms with E-state index in [9.17, 15) is 4.79 Å². The van der Waals surface area contributed by atoms with E-state index >= 15 is 0 Å². The highest BCUT2D eigenvalue weighted by atomic mass is 16.4. The molecule has 3 heteroatoms. The second kappa shape index (κ2) is 5.64. The van der Waals surface area contributed by atoms with E-state index in [1.165, 1.54) is 11.3 Å². The molecule has 3 nitrogen and oxygen atoms in total. The van der Waals surface area contributed by atoms with Gasteiger partial charge in [0.25, 0.3) is 0 Å². The normalized spacial score (nSPS) is 18.3.